The van der Waals surface area contributed by atoms with Crippen molar-refractivity contribution in [1.29, 1.82) is 0 Å². The van der Waals surface area contributed by atoms with Gasteiger partial charge in [-0.05, 0) is 37.5 Å². The molecule has 0 aliphatic heterocycles. The summed E-state index contributed by atoms with van der Waals surface area (Å²) in [5, 5.41) is 9.64. The van der Waals surface area contributed by atoms with Crippen molar-refractivity contribution in [3.8, 4) is 11.5 Å². The first-order chi connectivity index (χ1) is 10.2. The van der Waals surface area contributed by atoms with Crippen LogP contribution in [0.3, 0.4) is 0 Å². The van der Waals surface area contributed by atoms with Gasteiger partial charge in [0.15, 0.2) is 11.5 Å². The van der Waals surface area contributed by atoms with Gasteiger partial charge in [-0.15, -0.1) is 0 Å². The fourth-order valence-electron chi connectivity index (χ4n) is 2.32. The number of benzene rings is 1. The second-order valence-corrected chi connectivity index (χ2v) is 5.44. The van der Waals surface area contributed by atoms with Crippen LogP contribution in [-0.2, 0) is 11.2 Å². The lowest BCUT2D eigenvalue weighted by Gasteiger charge is -2.08. The molecule has 3 heteroatoms. The Hall–Kier alpha value is -1.51. The number of hydrogen-bond donors (Lipinski definition) is 1. The molecule has 21 heavy (non-hydrogen) atoms. The predicted octanol–water partition coefficient (Wildman–Crippen LogP) is 4.65. The zero-order chi connectivity index (χ0) is 15.5. The number of ketones is 1. The summed E-state index contributed by atoms with van der Waals surface area (Å²) in [6.07, 6.45) is 7.89. The highest BCUT2D eigenvalue weighted by molar-refractivity contribution is 5.78. The molecule has 118 valence electrons. The molecule has 1 N–H and O–H groups in total. The maximum Gasteiger partial charge on any atom is 0.161 e. The first-order valence-electron chi connectivity index (χ1n) is 8.13. The van der Waals surface area contributed by atoms with Crippen LogP contribution >= 0.6 is 0 Å². The third-order valence-electron chi connectivity index (χ3n) is 3.58. The molecule has 0 aliphatic rings. The van der Waals surface area contributed by atoms with Gasteiger partial charge in [0.2, 0.25) is 0 Å². The molecule has 1 aromatic rings. The van der Waals surface area contributed by atoms with Gasteiger partial charge in [-0.2, -0.15) is 0 Å². The smallest absolute Gasteiger partial charge is 0.161 e. The lowest BCUT2D eigenvalue weighted by Crippen LogP contribution is -2.01. The number of phenolic OH excluding ortho intramolecular Hbond substituents is 1. The fraction of sp³-hybridized carbons (Fsp3) is 0.611. The number of unbranched alkanes of at least 4 members (excludes halogenated alkanes) is 4. The van der Waals surface area contributed by atoms with Crippen LogP contribution in [0, 0.1) is 0 Å². The van der Waals surface area contributed by atoms with Gasteiger partial charge in [0.05, 0.1) is 6.61 Å². The quantitative estimate of drug-likeness (QED) is 0.604. The van der Waals surface area contributed by atoms with Gasteiger partial charge in [-0.25, -0.2) is 0 Å². The van der Waals surface area contributed by atoms with Crippen molar-refractivity contribution in [2.75, 3.05) is 6.61 Å². The summed E-state index contributed by atoms with van der Waals surface area (Å²) >= 11 is 0. The maximum atomic E-state index is 11.8. The number of ether oxygens (including phenoxy) is 1. The van der Waals surface area contributed by atoms with Gasteiger partial charge in [0, 0.05) is 12.8 Å². The van der Waals surface area contributed by atoms with Crippen LogP contribution in [-0.4, -0.2) is 17.5 Å². The topological polar surface area (TPSA) is 46.5 Å². The normalized spacial score (nSPS) is 10.6. The fourth-order valence-corrected chi connectivity index (χ4v) is 2.32. The standard InChI is InChI=1S/C18H28O3/c1-3-5-6-7-8-9-16(19)12-10-15-11-13-17(20)18(14-15)21-4-2/h11,13-14,20H,3-10,12H2,1-2H3. The number of carbonyl (C=O) groups is 1. The highest BCUT2D eigenvalue weighted by Gasteiger charge is 2.06. The van der Waals surface area contributed by atoms with Crippen LogP contribution < -0.4 is 4.74 Å². The van der Waals surface area contributed by atoms with E-state index in [1.165, 1.54) is 19.3 Å². The molecule has 0 radical (unpaired) electrons. The van der Waals surface area contributed by atoms with Crippen LogP contribution in [0.15, 0.2) is 18.2 Å². The largest absolute Gasteiger partial charge is 0.504 e. The summed E-state index contributed by atoms with van der Waals surface area (Å²) in [7, 11) is 0. The van der Waals surface area contributed by atoms with Crippen LogP contribution in [0.25, 0.3) is 0 Å². The molecule has 0 atom stereocenters. The van der Waals surface area contributed by atoms with Gasteiger partial charge in [-0.3, -0.25) is 4.79 Å². The van der Waals surface area contributed by atoms with E-state index in [-0.39, 0.29) is 5.75 Å². The van der Waals surface area contributed by atoms with Crippen molar-refractivity contribution in [2.24, 2.45) is 0 Å². The molecule has 0 amide bonds. The predicted molar refractivity (Wildman–Crippen MR) is 86.0 cm³/mol. The Bertz CT molecular complexity index is 426. The molecule has 0 aromatic heterocycles. The van der Waals surface area contributed by atoms with Gasteiger partial charge >= 0.3 is 0 Å². The van der Waals surface area contributed by atoms with Crippen molar-refractivity contribution >= 4 is 5.78 Å². The summed E-state index contributed by atoms with van der Waals surface area (Å²) < 4.78 is 5.35. The molecule has 0 heterocycles. The second kappa shape index (κ2) is 10.3. The van der Waals surface area contributed by atoms with Crippen molar-refractivity contribution in [2.45, 2.75) is 65.2 Å². The maximum absolute atomic E-state index is 11.8. The summed E-state index contributed by atoms with van der Waals surface area (Å²) in [5.74, 6) is 0.988. The summed E-state index contributed by atoms with van der Waals surface area (Å²) in [4.78, 5) is 11.8. The highest BCUT2D eigenvalue weighted by atomic mass is 16.5. The Kier molecular flexibility index (Phi) is 8.56. The number of carbonyl (C=O) groups excluding carboxylic acids is 1. The van der Waals surface area contributed by atoms with Gasteiger partial charge < -0.3 is 9.84 Å². The summed E-state index contributed by atoms with van der Waals surface area (Å²) in [6.45, 7) is 4.60. The minimum absolute atomic E-state index is 0.155. The number of aromatic hydroxyl groups is 1. The van der Waals surface area contributed by atoms with Crippen LogP contribution in [0.4, 0.5) is 0 Å². The molecule has 0 spiro atoms. The van der Waals surface area contributed by atoms with E-state index in [1.807, 2.05) is 19.1 Å². The molecular formula is C18H28O3. The number of aryl methyl sites for hydroxylation is 1. The van der Waals surface area contributed by atoms with Crippen LogP contribution in [0.2, 0.25) is 0 Å². The van der Waals surface area contributed by atoms with Gasteiger partial charge in [0.25, 0.3) is 0 Å². The molecule has 0 saturated heterocycles. The molecule has 0 aliphatic carbocycles. The van der Waals surface area contributed by atoms with E-state index >= 15 is 0 Å². The van der Waals surface area contributed by atoms with Crippen molar-refractivity contribution in [3.63, 3.8) is 0 Å². The van der Waals surface area contributed by atoms with E-state index in [1.54, 1.807) is 6.07 Å². The molecule has 1 aromatic carbocycles. The summed E-state index contributed by atoms with van der Waals surface area (Å²) in [5.41, 5.74) is 1.04. The lowest BCUT2D eigenvalue weighted by molar-refractivity contribution is -0.119. The average Bonchev–Trinajstić information content (AvgIpc) is 2.48. The molecule has 1 rings (SSSR count). The lowest BCUT2D eigenvalue weighted by atomic mass is 10.0. The SMILES string of the molecule is CCCCCCCC(=O)CCc1ccc(O)c(OCC)c1. The zero-order valence-electron chi connectivity index (χ0n) is 13.4. The average molecular weight is 292 g/mol. The van der Waals surface area contributed by atoms with E-state index in [0.29, 0.717) is 37.4 Å². The van der Waals surface area contributed by atoms with Crippen LogP contribution in [0.1, 0.15) is 64.4 Å². The molecule has 0 unspecified atom stereocenters. The second-order valence-electron chi connectivity index (χ2n) is 5.44. The van der Waals surface area contributed by atoms with E-state index in [2.05, 4.69) is 6.92 Å². The summed E-state index contributed by atoms with van der Waals surface area (Å²) in [6, 6.07) is 5.31. The molecule has 0 saturated carbocycles. The van der Waals surface area contributed by atoms with E-state index in [0.717, 1.165) is 18.4 Å². The van der Waals surface area contributed by atoms with Gasteiger partial charge in [0.1, 0.15) is 5.78 Å². The Morgan fingerprint density at radius 3 is 2.57 bits per heavy atom. The minimum Gasteiger partial charge on any atom is -0.504 e. The van der Waals surface area contributed by atoms with E-state index < -0.39 is 0 Å². The molecular weight excluding hydrogens is 264 g/mol. The van der Waals surface area contributed by atoms with Crippen molar-refractivity contribution < 1.29 is 14.6 Å². The number of hydrogen-bond acceptors (Lipinski definition) is 3. The molecule has 0 bridgehead atoms. The zero-order valence-corrected chi connectivity index (χ0v) is 13.4. The first-order valence-corrected chi connectivity index (χ1v) is 8.13. The number of rotatable bonds is 11. The molecule has 0 fully saturated rings. The third kappa shape index (κ3) is 7.16. The van der Waals surface area contributed by atoms with E-state index in [9.17, 15) is 9.90 Å². The Balaban J connectivity index is 2.30. The van der Waals surface area contributed by atoms with Crippen molar-refractivity contribution in [3.05, 3.63) is 23.8 Å². The first kappa shape index (κ1) is 17.5. The third-order valence-corrected chi connectivity index (χ3v) is 3.58. The van der Waals surface area contributed by atoms with E-state index in [4.69, 9.17) is 4.74 Å². The Labute approximate surface area is 128 Å². The monoisotopic (exact) mass is 292 g/mol. The highest BCUT2D eigenvalue weighted by Crippen LogP contribution is 2.27. The minimum atomic E-state index is 0.155. The van der Waals surface area contributed by atoms with Crippen molar-refractivity contribution in [1.82, 2.24) is 0 Å². The number of Topliss-reactive ketones (excluding diaryl/α,β-unsaturated/α-hetero) is 1. The van der Waals surface area contributed by atoms with Crippen LogP contribution in [0.5, 0.6) is 11.5 Å². The Morgan fingerprint density at radius 2 is 1.86 bits per heavy atom. The number of phenols is 1. The molecule has 3 nitrogen and oxygen atoms in total. The van der Waals surface area contributed by atoms with Gasteiger partial charge in [-0.1, -0.05) is 38.7 Å². The Morgan fingerprint density at radius 1 is 1.10 bits per heavy atom.